The summed E-state index contributed by atoms with van der Waals surface area (Å²) in [4.78, 5) is 9.40. The van der Waals surface area contributed by atoms with E-state index in [9.17, 15) is 0 Å². The molecule has 1 saturated carbocycles. The van der Waals surface area contributed by atoms with Crippen LogP contribution in [0.1, 0.15) is 59.2 Å². The fourth-order valence-corrected chi connectivity index (χ4v) is 3.50. The molecule has 1 aromatic rings. The van der Waals surface area contributed by atoms with E-state index in [-0.39, 0.29) is 5.41 Å². The summed E-state index contributed by atoms with van der Waals surface area (Å²) in [5.74, 6) is 1.90. The van der Waals surface area contributed by atoms with Crippen LogP contribution >= 0.6 is 11.8 Å². The largest absolute Gasteiger partial charge is 0.370 e. The molecule has 19 heavy (non-hydrogen) atoms. The SMILES string of the molecule is CCNc1cc(SC2CCCC2)nc(C(C)(C)C)n1. The molecule has 1 fully saturated rings. The van der Waals surface area contributed by atoms with Crippen molar-refractivity contribution in [1.29, 1.82) is 0 Å². The molecule has 0 unspecified atom stereocenters. The van der Waals surface area contributed by atoms with Gasteiger partial charge in [0, 0.05) is 23.3 Å². The first-order valence-electron chi connectivity index (χ1n) is 7.29. The Morgan fingerprint density at radius 3 is 2.53 bits per heavy atom. The first kappa shape index (κ1) is 14.6. The van der Waals surface area contributed by atoms with Crippen LogP contribution in [0.3, 0.4) is 0 Å². The molecule has 4 heteroatoms. The number of nitrogens with one attached hydrogen (secondary N) is 1. The Labute approximate surface area is 121 Å². The second kappa shape index (κ2) is 6.12. The predicted octanol–water partition coefficient (Wildman–Crippen LogP) is 4.24. The zero-order valence-electron chi connectivity index (χ0n) is 12.5. The minimum absolute atomic E-state index is 0.00355. The highest BCUT2D eigenvalue weighted by Gasteiger charge is 2.21. The van der Waals surface area contributed by atoms with Gasteiger partial charge in [0.15, 0.2) is 0 Å². The van der Waals surface area contributed by atoms with Gasteiger partial charge in [-0.3, -0.25) is 0 Å². The smallest absolute Gasteiger partial charge is 0.137 e. The van der Waals surface area contributed by atoms with E-state index in [1.807, 2.05) is 11.8 Å². The Morgan fingerprint density at radius 2 is 1.95 bits per heavy atom. The quantitative estimate of drug-likeness (QED) is 0.837. The molecule has 1 N–H and O–H groups in total. The van der Waals surface area contributed by atoms with E-state index in [0.717, 1.165) is 28.5 Å². The molecule has 3 nitrogen and oxygen atoms in total. The Hall–Kier alpha value is -0.770. The van der Waals surface area contributed by atoms with Gasteiger partial charge in [-0.2, -0.15) is 0 Å². The molecule has 1 aliphatic carbocycles. The molecule has 0 amide bonds. The number of nitrogens with zero attached hydrogens (tertiary/aromatic N) is 2. The van der Waals surface area contributed by atoms with Gasteiger partial charge in [0.05, 0.1) is 0 Å². The maximum Gasteiger partial charge on any atom is 0.137 e. The van der Waals surface area contributed by atoms with Gasteiger partial charge < -0.3 is 5.32 Å². The van der Waals surface area contributed by atoms with Crippen molar-refractivity contribution in [1.82, 2.24) is 9.97 Å². The van der Waals surface area contributed by atoms with Crippen LogP contribution in [-0.2, 0) is 5.41 Å². The van der Waals surface area contributed by atoms with E-state index in [2.05, 4.69) is 44.1 Å². The van der Waals surface area contributed by atoms with E-state index in [4.69, 9.17) is 4.98 Å². The Kier molecular flexibility index (Phi) is 4.71. The van der Waals surface area contributed by atoms with Crippen molar-refractivity contribution < 1.29 is 0 Å². The number of hydrogen-bond acceptors (Lipinski definition) is 4. The molecule has 0 bridgehead atoms. The number of hydrogen-bond donors (Lipinski definition) is 1. The fourth-order valence-electron chi connectivity index (χ4n) is 2.27. The average Bonchev–Trinajstić information content (AvgIpc) is 2.81. The summed E-state index contributed by atoms with van der Waals surface area (Å²) in [5, 5.41) is 5.20. The molecule has 0 saturated heterocycles. The number of rotatable bonds is 4. The highest BCUT2D eigenvalue weighted by Crippen LogP contribution is 2.35. The number of aromatic nitrogens is 2. The van der Waals surface area contributed by atoms with Crippen molar-refractivity contribution in [3.8, 4) is 0 Å². The lowest BCUT2D eigenvalue weighted by molar-refractivity contribution is 0.539. The summed E-state index contributed by atoms with van der Waals surface area (Å²) in [6.45, 7) is 9.50. The average molecular weight is 279 g/mol. The van der Waals surface area contributed by atoms with Crippen LogP contribution in [-0.4, -0.2) is 21.8 Å². The Bertz CT molecular complexity index is 420. The molecule has 1 aliphatic rings. The summed E-state index contributed by atoms with van der Waals surface area (Å²) in [6.07, 6.45) is 5.40. The van der Waals surface area contributed by atoms with Crippen LogP contribution in [0.2, 0.25) is 0 Å². The normalized spacial score (nSPS) is 16.8. The summed E-state index contributed by atoms with van der Waals surface area (Å²) >= 11 is 1.93. The van der Waals surface area contributed by atoms with E-state index < -0.39 is 0 Å². The predicted molar refractivity (Wildman–Crippen MR) is 83.0 cm³/mol. The molecule has 106 valence electrons. The minimum atomic E-state index is -0.00355. The van der Waals surface area contributed by atoms with E-state index in [1.54, 1.807) is 0 Å². The van der Waals surface area contributed by atoms with Gasteiger partial charge in [0.25, 0.3) is 0 Å². The highest BCUT2D eigenvalue weighted by molar-refractivity contribution is 7.99. The summed E-state index contributed by atoms with van der Waals surface area (Å²) in [6, 6.07) is 2.10. The summed E-state index contributed by atoms with van der Waals surface area (Å²) in [7, 11) is 0. The first-order chi connectivity index (χ1) is 8.99. The zero-order valence-corrected chi connectivity index (χ0v) is 13.3. The van der Waals surface area contributed by atoms with Crippen molar-refractivity contribution in [3.63, 3.8) is 0 Å². The van der Waals surface area contributed by atoms with E-state index in [1.165, 1.54) is 25.7 Å². The van der Waals surface area contributed by atoms with Crippen LogP contribution in [0, 0.1) is 0 Å². The molecule has 1 heterocycles. The lowest BCUT2D eigenvalue weighted by Crippen LogP contribution is -2.18. The van der Waals surface area contributed by atoms with Gasteiger partial charge in [0.1, 0.15) is 16.7 Å². The minimum Gasteiger partial charge on any atom is -0.370 e. The second-order valence-electron chi connectivity index (χ2n) is 6.22. The molecular formula is C15H25N3S. The Balaban J connectivity index is 2.22. The van der Waals surface area contributed by atoms with Crippen molar-refractivity contribution >= 4 is 17.6 Å². The van der Waals surface area contributed by atoms with Crippen molar-refractivity contribution in [2.24, 2.45) is 0 Å². The Morgan fingerprint density at radius 1 is 1.26 bits per heavy atom. The second-order valence-corrected chi connectivity index (χ2v) is 7.54. The molecule has 0 aromatic carbocycles. The molecule has 1 aromatic heterocycles. The van der Waals surface area contributed by atoms with Crippen LogP contribution < -0.4 is 5.32 Å². The lowest BCUT2D eigenvalue weighted by atomic mass is 9.96. The van der Waals surface area contributed by atoms with Crippen molar-refractivity contribution in [3.05, 3.63) is 11.9 Å². The molecule has 0 aliphatic heterocycles. The van der Waals surface area contributed by atoms with Gasteiger partial charge in [-0.15, -0.1) is 11.8 Å². The first-order valence-corrected chi connectivity index (χ1v) is 8.17. The molecular weight excluding hydrogens is 254 g/mol. The van der Waals surface area contributed by atoms with Gasteiger partial charge >= 0.3 is 0 Å². The van der Waals surface area contributed by atoms with Gasteiger partial charge in [-0.05, 0) is 19.8 Å². The maximum atomic E-state index is 4.76. The zero-order chi connectivity index (χ0) is 13.9. The van der Waals surface area contributed by atoms with Gasteiger partial charge in [0.2, 0.25) is 0 Å². The molecule has 0 radical (unpaired) electrons. The van der Waals surface area contributed by atoms with Crippen LogP contribution in [0.15, 0.2) is 11.1 Å². The number of thioether (sulfide) groups is 1. The van der Waals surface area contributed by atoms with Crippen LogP contribution in [0.25, 0.3) is 0 Å². The third-order valence-corrected chi connectivity index (χ3v) is 4.58. The lowest BCUT2D eigenvalue weighted by Gasteiger charge is -2.19. The summed E-state index contributed by atoms with van der Waals surface area (Å²) in [5.41, 5.74) is -0.00355. The maximum absolute atomic E-state index is 4.76. The van der Waals surface area contributed by atoms with Crippen molar-refractivity contribution in [2.45, 2.75) is 69.1 Å². The number of anilines is 1. The topological polar surface area (TPSA) is 37.8 Å². The van der Waals surface area contributed by atoms with Gasteiger partial charge in [-0.1, -0.05) is 33.6 Å². The van der Waals surface area contributed by atoms with E-state index in [0.29, 0.717) is 0 Å². The molecule has 0 spiro atoms. The van der Waals surface area contributed by atoms with Crippen molar-refractivity contribution in [2.75, 3.05) is 11.9 Å². The fraction of sp³-hybridized carbons (Fsp3) is 0.733. The third kappa shape index (κ3) is 4.10. The molecule has 0 atom stereocenters. The third-order valence-electron chi connectivity index (χ3n) is 3.32. The monoisotopic (exact) mass is 279 g/mol. The molecule has 2 rings (SSSR count). The van der Waals surface area contributed by atoms with E-state index >= 15 is 0 Å². The standard InChI is InChI=1S/C15H25N3S/c1-5-16-12-10-13(19-11-8-6-7-9-11)18-14(17-12)15(2,3)4/h10-11H,5-9H2,1-4H3,(H,16,17,18). The highest BCUT2D eigenvalue weighted by atomic mass is 32.2. The van der Waals surface area contributed by atoms with Crippen LogP contribution in [0.4, 0.5) is 5.82 Å². The summed E-state index contributed by atoms with van der Waals surface area (Å²) < 4.78 is 0. The van der Waals surface area contributed by atoms with Crippen LogP contribution in [0.5, 0.6) is 0 Å². The van der Waals surface area contributed by atoms with Gasteiger partial charge in [-0.25, -0.2) is 9.97 Å².